The molecule has 0 unspecified atom stereocenters. The van der Waals surface area contributed by atoms with Crippen LogP contribution in [0.15, 0.2) is 24.3 Å². The number of amides is 2. The van der Waals surface area contributed by atoms with Crippen molar-refractivity contribution in [2.45, 2.75) is 20.3 Å². The standard InChI is InChI=1S/C18H25FN6O/c1-12-6-8-14(9-7-12)22-18(26)24-17-21-13(2)15(19)16(23-17)20-10-5-11-25(3)4/h6-9H,5,10-11H2,1-4H3,(H3,20,21,22,23,24,26). The number of carbonyl (C=O) groups excluding carboxylic acids is 1. The number of aryl methyl sites for hydroxylation is 2. The average Bonchev–Trinajstić information content (AvgIpc) is 2.57. The molecule has 26 heavy (non-hydrogen) atoms. The molecular formula is C18H25FN6O. The van der Waals surface area contributed by atoms with E-state index < -0.39 is 11.8 Å². The van der Waals surface area contributed by atoms with Crippen LogP contribution in [0.5, 0.6) is 0 Å². The van der Waals surface area contributed by atoms with Crippen LogP contribution in [0.1, 0.15) is 17.7 Å². The number of halogens is 1. The lowest BCUT2D eigenvalue weighted by molar-refractivity contribution is 0.262. The van der Waals surface area contributed by atoms with Crippen LogP contribution in [0, 0.1) is 19.7 Å². The minimum atomic E-state index is -0.514. The van der Waals surface area contributed by atoms with Gasteiger partial charge in [0.05, 0.1) is 5.69 Å². The number of hydrogen-bond donors (Lipinski definition) is 3. The Bertz CT molecular complexity index is 748. The number of carbonyl (C=O) groups is 1. The van der Waals surface area contributed by atoms with Gasteiger partial charge in [0.15, 0.2) is 11.6 Å². The average molecular weight is 360 g/mol. The minimum absolute atomic E-state index is 0.0450. The predicted molar refractivity (Wildman–Crippen MR) is 102 cm³/mol. The van der Waals surface area contributed by atoms with Gasteiger partial charge in [-0.15, -0.1) is 0 Å². The molecule has 0 bridgehead atoms. The molecule has 0 aliphatic rings. The predicted octanol–water partition coefficient (Wildman–Crippen LogP) is 3.24. The largest absolute Gasteiger partial charge is 0.367 e. The first kappa shape index (κ1) is 19.6. The fraction of sp³-hybridized carbons (Fsp3) is 0.389. The van der Waals surface area contributed by atoms with E-state index in [4.69, 9.17) is 0 Å². The Labute approximate surface area is 153 Å². The lowest BCUT2D eigenvalue weighted by atomic mass is 10.2. The highest BCUT2D eigenvalue weighted by molar-refractivity contribution is 5.98. The van der Waals surface area contributed by atoms with Crippen LogP contribution in [0.3, 0.4) is 0 Å². The maximum absolute atomic E-state index is 14.2. The number of rotatable bonds is 7. The molecular weight excluding hydrogens is 335 g/mol. The monoisotopic (exact) mass is 360 g/mol. The van der Waals surface area contributed by atoms with E-state index in [9.17, 15) is 9.18 Å². The molecule has 2 rings (SSSR count). The van der Waals surface area contributed by atoms with Crippen molar-refractivity contribution in [3.8, 4) is 0 Å². The molecule has 0 aliphatic carbocycles. The summed E-state index contributed by atoms with van der Waals surface area (Å²) in [5, 5.41) is 8.18. The molecule has 0 spiro atoms. The molecule has 140 valence electrons. The van der Waals surface area contributed by atoms with Gasteiger partial charge in [-0.2, -0.15) is 4.98 Å². The number of nitrogens with zero attached hydrogens (tertiary/aromatic N) is 3. The van der Waals surface area contributed by atoms with Gasteiger partial charge in [-0.25, -0.2) is 14.2 Å². The van der Waals surface area contributed by atoms with Crippen molar-refractivity contribution in [1.82, 2.24) is 14.9 Å². The first-order valence-corrected chi connectivity index (χ1v) is 8.42. The molecule has 0 saturated heterocycles. The first-order chi connectivity index (χ1) is 12.3. The van der Waals surface area contributed by atoms with Crippen molar-refractivity contribution in [1.29, 1.82) is 0 Å². The van der Waals surface area contributed by atoms with Crippen molar-refractivity contribution in [3.63, 3.8) is 0 Å². The number of urea groups is 1. The Morgan fingerprint density at radius 3 is 2.46 bits per heavy atom. The van der Waals surface area contributed by atoms with Gasteiger partial charge in [0.1, 0.15) is 0 Å². The Hall–Kier alpha value is -2.74. The maximum Gasteiger partial charge on any atom is 0.326 e. The summed E-state index contributed by atoms with van der Waals surface area (Å²) in [6, 6.07) is 6.89. The summed E-state index contributed by atoms with van der Waals surface area (Å²) < 4.78 is 14.2. The van der Waals surface area contributed by atoms with Gasteiger partial charge in [0, 0.05) is 12.2 Å². The van der Waals surface area contributed by atoms with Crippen LogP contribution < -0.4 is 16.0 Å². The van der Waals surface area contributed by atoms with E-state index in [0.717, 1.165) is 18.5 Å². The zero-order valence-electron chi connectivity index (χ0n) is 15.6. The van der Waals surface area contributed by atoms with E-state index in [1.165, 1.54) is 6.92 Å². The summed E-state index contributed by atoms with van der Waals surface area (Å²) in [6.07, 6.45) is 0.839. The van der Waals surface area contributed by atoms with Crippen molar-refractivity contribution < 1.29 is 9.18 Å². The zero-order valence-corrected chi connectivity index (χ0v) is 15.6. The second-order valence-corrected chi connectivity index (χ2v) is 6.32. The van der Waals surface area contributed by atoms with Crippen LogP contribution in [0.4, 0.5) is 26.6 Å². The molecule has 0 fully saturated rings. The molecule has 7 nitrogen and oxygen atoms in total. The molecule has 1 heterocycles. The SMILES string of the molecule is Cc1ccc(NC(=O)Nc2nc(C)c(F)c(NCCCN(C)C)n2)cc1. The van der Waals surface area contributed by atoms with Gasteiger partial charge >= 0.3 is 6.03 Å². The quantitative estimate of drug-likeness (QED) is 0.661. The fourth-order valence-corrected chi connectivity index (χ4v) is 2.24. The number of anilines is 3. The molecule has 3 N–H and O–H groups in total. The van der Waals surface area contributed by atoms with E-state index in [1.807, 2.05) is 38.1 Å². The van der Waals surface area contributed by atoms with Crippen molar-refractivity contribution >= 4 is 23.5 Å². The molecule has 0 aliphatic heterocycles. The smallest absolute Gasteiger partial charge is 0.326 e. The number of nitrogens with one attached hydrogen (secondary N) is 3. The van der Waals surface area contributed by atoms with Gasteiger partial charge in [0.2, 0.25) is 5.95 Å². The highest BCUT2D eigenvalue weighted by Gasteiger charge is 2.13. The maximum atomic E-state index is 14.2. The van der Waals surface area contributed by atoms with Gasteiger partial charge in [-0.3, -0.25) is 5.32 Å². The first-order valence-electron chi connectivity index (χ1n) is 8.42. The summed E-state index contributed by atoms with van der Waals surface area (Å²) in [5.41, 5.74) is 1.91. The molecule has 1 aromatic carbocycles. The second kappa shape index (κ2) is 9.10. The zero-order chi connectivity index (χ0) is 19.1. The van der Waals surface area contributed by atoms with Crippen molar-refractivity contribution in [2.24, 2.45) is 0 Å². The van der Waals surface area contributed by atoms with Crippen molar-refractivity contribution in [3.05, 3.63) is 41.3 Å². The second-order valence-electron chi connectivity index (χ2n) is 6.32. The Morgan fingerprint density at radius 2 is 1.81 bits per heavy atom. The number of benzene rings is 1. The summed E-state index contributed by atoms with van der Waals surface area (Å²) in [5.74, 6) is -0.384. The van der Waals surface area contributed by atoms with Gasteiger partial charge in [-0.05, 0) is 53.0 Å². The third-order valence-corrected chi connectivity index (χ3v) is 3.63. The summed E-state index contributed by atoms with van der Waals surface area (Å²) in [7, 11) is 3.95. The van der Waals surface area contributed by atoms with E-state index >= 15 is 0 Å². The summed E-state index contributed by atoms with van der Waals surface area (Å²) >= 11 is 0. The van der Waals surface area contributed by atoms with E-state index in [1.54, 1.807) is 12.1 Å². The van der Waals surface area contributed by atoms with E-state index in [-0.39, 0.29) is 17.5 Å². The van der Waals surface area contributed by atoms with E-state index in [2.05, 4.69) is 25.9 Å². The van der Waals surface area contributed by atoms with Crippen molar-refractivity contribution in [2.75, 3.05) is 43.1 Å². The Morgan fingerprint density at radius 1 is 1.12 bits per heavy atom. The van der Waals surface area contributed by atoms with Gasteiger partial charge in [-0.1, -0.05) is 17.7 Å². The lowest BCUT2D eigenvalue weighted by Gasteiger charge is -2.13. The minimum Gasteiger partial charge on any atom is -0.367 e. The van der Waals surface area contributed by atoms with E-state index in [0.29, 0.717) is 12.2 Å². The summed E-state index contributed by atoms with van der Waals surface area (Å²) in [6.45, 7) is 4.94. The van der Waals surface area contributed by atoms with Crippen LogP contribution >= 0.6 is 0 Å². The van der Waals surface area contributed by atoms with Crippen LogP contribution in [0.25, 0.3) is 0 Å². The molecule has 1 aromatic heterocycles. The van der Waals surface area contributed by atoms with Crippen LogP contribution in [-0.4, -0.2) is 48.1 Å². The van der Waals surface area contributed by atoms with Crippen LogP contribution in [0.2, 0.25) is 0 Å². The molecule has 8 heteroatoms. The van der Waals surface area contributed by atoms with Crippen LogP contribution in [-0.2, 0) is 0 Å². The topological polar surface area (TPSA) is 82.2 Å². The number of aromatic nitrogens is 2. The Balaban J connectivity index is 1.99. The molecule has 2 aromatic rings. The lowest BCUT2D eigenvalue weighted by Crippen LogP contribution is -2.22. The molecule has 0 saturated carbocycles. The number of hydrogen-bond acceptors (Lipinski definition) is 5. The highest BCUT2D eigenvalue weighted by atomic mass is 19.1. The van der Waals surface area contributed by atoms with Gasteiger partial charge in [0.25, 0.3) is 0 Å². The molecule has 0 radical (unpaired) electrons. The fourth-order valence-electron chi connectivity index (χ4n) is 2.24. The third-order valence-electron chi connectivity index (χ3n) is 3.63. The molecule has 2 amide bonds. The molecule has 0 atom stereocenters. The van der Waals surface area contributed by atoms with Gasteiger partial charge < -0.3 is 15.5 Å². The highest BCUT2D eigenvalue weighted by Crippen LogP contribution is 2.16. The third kappa shape index (κ3) is 5.96. The Kier molecular flexibility index (Phi) is 6.85. The summed E-state index contributed by atoms with van der Waals surface area (Å²) in [4.78, 5) is 22.2. The normalized spacial score (nSPS) is 10.7.